The molecule has 1 fully saturated rings. The van der Waals surface area contributed by atoms with Crippen molar-refractivity contribution in [3.63, 3.8) is 0 Å². The molecule has 2 aromatic rings. The molecule has 1 atom stereocenters. The van der Waals surface area contributed by atoms with E-state index in [9.17, 15) is 18.8 Å². The van der Waals surface area contributed by atoms with Gasteiger partial charge in [-0.05, 0) is 32.8 Å². The maximum absolute atomic E-state index is 14.5. The molecular formula is C25H31FN4O4. The number of halogens is 1. The van der Waals surface area contributed by atoms with Gasteiger partial charge in [-0.2, -0.15) is 5.10 Å². The van der Waals surface area contributed by atoms with Crippen molar-refractivity contribution in [3.8, 4) is 0 Å². The molecule has 0 bridgehead atoms. The number of benzene rings is 1. The van der Waals surface area contributed by atoms with E-state index in [-0.39, 0.29) is 43.0 Å². The topological polar surface area (TPSA) is 93.5 Å². The van der Waals surface area contributed by atoms with Gasteiger partial charge in [0.15, 0.2) is 5.69 Å². The average molecular weight is 471 g/mol. The fourth-order valence-corrected chi connectivity index (χ4v) is 4.76. The summed E-state index contributed by atoms with van der Waals surface area (Å²) in [6, 6.07) is 7.61. The molecule has 9 heteroatoms. The van der Waals surface area contributed by atoms with Gasteiger partial charge in [0.25, 0.3) is 5.91 Å². The number of rotatable bonds is 6. The molecule has 182 valence electrons. The predicted molar refractivity (Wildman–Crippen MR) is 122 cm³/mol. The Labute approximate surface area is 198 Å². The lowest BCUT2D eigenvalue weighted by molar-refractivity contribution is -0.134. The number of hydrogen-bond donors (Lipinski definition) is 1. The molecule has 0 saturated heterocycles. The van der Waals surface area contributed by atoms with E-state index in [1.165, 1.54) is 21.7 Å². The number of nitrogens with zero attached hydrogens (tertiary/aromatic N) is 3. The Bertz CT molecular complexity index is 1080. The van der Waals surface area contributed by atoms with E-state index in [1.807, 2.05) is 0 Å². The summed E-state index contributed by atoms with van der Waals surface area (Å²) in [6.45, 7) is 3.49. The van der Waals surface area contributed by atoms with Crippen LogP contribution >= 0.6 is 0 Å². The van der Waals surface area contributed by atoms with Crippen LogP contribution in [0.4, 0.5) is 4.39 Å². The van der Waals surface area contributed by atoms with Crippen molar-refractivity contribution in [2.75, 3.05) is 6.61 Å². The summed E-state index contributed by atoms with van der Waals surface area (Å²) < 4.78 is 20.9. The maximum Gasteiger partial charge on any atom is 0.358 e. The molecular weight excluding hydrogens is 439 g/mol. The number of ether oxygens (including phenoxy) is 1. The smallest absolute Gasteiger partial charge is 0.358 e. The zero-order chi connectivity index (χ0) is 24.3. The first-order valence-electron chi connectivity index (χ1n) is 11.9. The summed E-state index contributed by atoms with van der Waals surface area (Å²) >= 11 is 0. The van der Waals surface area contributed by atoms with Crippen molar-refractivity contribution < 1.29 is 23.5 Å². The van der Waals surface area contributed by atoms with Crippen LogP contribution in [0.3, 0.4) is 0 Å². The fourth-order valence-electron chi connectivity index (χ4n) is 4.76. The quantitative estimate of drug-likeness (QED) is 0.516. The summed E-state index contributed by atoms with van der Waals surface area (Å²) in [6.07, 6.45) is 6.17. The Balaban J connectivity index is 1.69. The van der Waals surface area contributed by atoms with E-state index in [0.717, 1.165) is 38.5 Å². The van der Waals surface area contributed by atoms with Crippen molar-refractivity contribution in [1.29, 1.82) is 0 Å². The van der Waals surface area contributed by atoms with Gasteiger partial charge in [-0.15, -0.1) is 0 Å². The lowest BCUT2D eigenvalue weighted by Crippen LogP contribution is -2.64. The normalized spacial score (nSPS) is 21.0. The van der Waals surface area contributed by atoms with Gasteiger partial charge < -0.3 is 15.0 Å². The van der Waals surface area contributed by atoms with Crippen molar-refractivity contribution in [1.82, 2.24) is 20.0 Å². The second-order valence-corrected chi connectivity index (χ2v) is 9.21. The summed E-state index contributed by atoms with van der Waals surface area (Å²) in [5.74, 6) is -1.88. The average Bonchev–Trinajstić information content (AvgIpc) is 3.07. The van der Waals surface area contributed by atoms with Crippen molar-refractivity contribution >= 4 is 17.8 Å². The van der Waals surface area contributed by atoms with Crippen molar-refractivity contribution in [2.45, 2.75) is 77.0 Å². The number of fused-ring (bicyclic) bond motifs is 1. The molecule has 1 aromatic heterocycles. The van der Waals surface area contributed by atoms with Gasteiger partial charge in [-0.25, -0.2) is 9.18 Å². The Morgan fingerprint density at radius 2 is 1.91 bits per heavy atom. The standard InChI is InChI=1S/C25H31FN4O4/c1-3-34-23(32)20-14-21-22(31)29(15-17-10-8-9-13-19(17)26)25(2,16-30(21)28-20)24(33)27-18-11-6-4-5-7-12-18/h8-10,13-14,18H,3-7,11-12,15-16H2,1-2H3,(H,27,33)/t25-/m1/s1. The summed E-state index contributed by atoms with van der Waals surface area (Å²) in [5, 5.41) is 7.40. The van der Waals surface area contributed by atoms with Crippen LogP contribution < -0.4 is 5.32 Å². The molecule has 0 spiro atoms. The van der Waals surface area contributed by atoms with Crippen LogP contribution in [-0.2, 0) is 22.6 Å². The fraction of sp³-hybridized carbons (Fsp3) is 0.520. The highest BCUT2D eigenvalue weighted by Crippen LogP contribution is 2.31. The molecule has 1 aliphatic heterocycles. The van der Waals surface area contributed by atoms with Gasteiger partial charge in [-0.3, -0.25) is 14.3 Å². The van der Waals surface area contributed by atoms with E-state index in [0.29, 0.717) is 5.56 Å². The molecule has 2 heterocycles. The highest BCUT2D eigenvalue weighted by Gasteiger charge is 2.48. The molecule has 0 unspecified atom stereocenters. The number of nitrogens with one attached hydrogen (secondary N) is 1. The second-order valence-electron chi connectivity index (χ2n) is 9.21. The minimum absolute atomic E-state index is 0.00414. The maximum atomic E-state index is 14.5. The highest BCUT2D eigenvalue weighted by molar-refractivity contribution is 6.01. The molecule has 2 amide bonds. The highest BCUT2D eigenvalue weighted by atomic mass is 19.1. The summed E-state index contributed by atoms with van der Waals surface area (Å²) in [7, 11) is 0. The third-order valence-electron chi connectivity index (χ3n) is 6.75. The van der Waals surface area contributed by atoms with Crippen molar-refractivity contribution in [3.05, 3.63) is 53.1 Å². The molecule has 8 nitrogen and oxygen atoms in total. The van der Waals surface area contributed by atoms with Gasteiger partial charge in [0.2, 0.25) is 5.91 Å². The van der Waals surface area contributed by atoms with Crippen LogP contribution in [0.25, 0.3) is 0 Å². The Hall–Kier alpha value is -3.23. The molecule has 34 heavy (non-hydrogen) atoms. The number of carbonyl (C=O) groups excluding carboxylic acids is 3. The third kappa shape index (κ3) is 4.69. The Kier molecular flexibility index (Phi) is 7.00. The summed E-state index contributed by atoms with van der Waals surface area (Å²) in [4.78, 5) is 40.9. The first-order chi connectivity index (χ1) is 16.3. The minimum atomic E-state index is -1.32. The summed E-state index contributed by atoms with van der Waals surface area (Å²) in [5.41, 5.74) is -0.845. The number of esters is 1. The van der Waals surface area contributed by atoms with E-state index < -0.39 is 23.2 Å². The second kappa shape index (κ2) is 9.95. The van der Waals surface area contributed by atoms with Crippen LogP contribution in [0, 0.1) is 5.82 Å². The zero-order valence-corrected chi connectivity index (χ0v) is 19.7. The van der Waals surface area contributed by atoms with E-state index in [1.54, 1.807) is 32.0 Å². The van der Waals surface area contributed by atoms with Gasteiger partial charge in [-0.1, -0.05) is 43.9 Å². The van der Waals surface area contributed by atoms with Gasteiger partial charge in [0.1, 0.15) is 17.1 Å². The first kappa shape index (κ1) is 23.9. The molecule has 4 rings (SSSR count). The Morgan fingerprint density at radius 1 is 1.21 bits per heavy atom. The van der Waals surface area contributed by atoms with E-state index in [4.69, 9.17) is 4.74 Å². The monoisotopic (exact) mass is 470 g/mol. The first-order valence-corrected chi connectivity index (χ1v) is 11.9. The number of hydrogen-bond acceptors (Lipinski definition) is 5. The van der Waals surface area contributed by atoms with Crippen molar-refractivity contribution in [2.24, 2.45) is 0 Å². The van der Waals surface area contributed by atoms with Crippen LogP contribution in [0.15, 0.2) is 30.3 Å². The van der Waals surface area contributed by atoms with Gasteiger partial charge >= 0.3 is 5.97 Å². The molecule has 1 N–H and O–H groups in total. The number of amides is 2. The van der Waals surface area contributed by atoms with Crippen LogP contribution in [-0.4, -0.2) is 50.7 Å². The molecule has 1 aliphatic carbocycles. The zero-order valence-electron chi connectivity index (χ0n) is 19.7. The predicted octanol–water partition coefficient (Wildman–Crippen LogP) is 3.45. The van der Waals surface area contributed by atoms with E-state index >= 15 is 0 Å². The minimum Gasteiger partial charge on any atom is -0.461 e. The van der Waals surface area contributed by atoms with Crippen LogP contribution in [0.1, 0.15) is 78.9 Å². The molecule has 1 saturated carbocycles. The van der Waals surface area contributed by atoms with Gasteiger partial charge in [0.05, 0.1) is 19.7 Å². The lowest BCUT2D eigenvalue weighted by Gasteiger charge is -2.44. The van der Waals surface area contributed by atoms with Crippen LogP contribution in [0.5, 0.6) is 0 Å². The lowest BCUT2D eigenvalue weighted by atomic mass is 9.93. The van der Waals surface area contributed by atoms with Gasteiger partial charge in [0, 0.05) is 17.7 Å². The number of carbonyl (C=O) groups is 3. The molecule has 1 aromatic carbocycles. The van der Waals surface area contributed by atoms with Crippen LogP contribution in [0.2, 0.25) is 0 Å². The van der Waals surface area contributed by atoms with E-state index in [2.05, 4.69) is 10.4 Å². The Morgan fingerprint density at radius 3 is 2.59 bits per heavy atom. The largest absolute Gasteiger partial charge is 0.461 e. The number of aromatic nitrogens is 2. The molecule has 0 radical (unpaired) electrons. The SMILES string of the molecule is CCOC(=O)c1cc2n(n1)C[C@](C)(C(=O)NC1CCCCCC1)N(Cc1ccccc1F)C2=O. The molecule has 2 aliphatic rings. The third-order valence-corrected chi connectivity index (χ3v) is 6.75.